The Kier molecular flexibility index (Phi) is 8.72. The minimum absolute atomic E-state index is 0.0205. The molecule has 0 spiro atoms. The van der Waals surface area contributed by atoms with E-state index in [1.807, 2.05) is 18.2 Å². The van der Waals surface area contributed by atoms with Crippen molar-refractivity contribution < 1.29 is 18.3 Å². The van der Waals surface area contributed by atoms with E-state index in [0.29, 0.717) is 30.2 Å². The van der Waals surface area contributed by atoms with E-state index in [4.69, 9.17) is 10.5 Å². The lowest BCUT2D eigenvalue weighted by molar-refractivity contribution is -0.119. The van der Waals surface area contributed by atoms with Crippen LogP contribution in [-0.2, 0) is 11.2 Å². The van der Waals surface area contributed by atoms with Crippen LogP contribution in [0.2, 0.25) is 0 Å². The molecule has 0 aliphatic carbocycles. The van der Waals surface area contributed by atoms with Crippen molar-refractivity contribution >= 4 is 28.8 Å². The van der Waals surface area contributed by atoms with Gasteiger partial charge in [0.25, 0.3) is 0 Å². The summed E-state index contributed by atoms with van der Waals surface area (Å²) >= 11 is 0. The Balaban J connectivity index is 1.51. The van der Waals surface area contributed by atoms with Crippen LogP contribution in [0.25, 0.3) is 22.6 Å². The molecule has 204 valence electrons. The summed E-state index contributed by atoms with van der Waals surface area (Å²) in [7, 11) is 1.28. The van der Waals surface area contributed by atoms with E-state index in [-0.39, 0.29) is 23.8 Å². The lowest BCUT2D eigenvalue weighted by Gasteiger charge is -2.16. The van der Waals surface area contributed by atoms with Crippen LogP contribution in [-0.4, -0.2) is 47.0 Å². The first-order chi connectivity index (χ1) is 18.9. The topological polar surface area (TPSA) is 119 Å². The van der Waals surface area contributed by atoms with Gasteiger partial charge in [-0.05, 0) is 42.7 Å². The number of fused-ring (bicyclic) bond motifs is 1. The van der Waals surface area contributed by atoms with Gasteiger partial charge in [0.2, 0.25) is 11.7 Å². The number of nitrogens with zero attached hydrogens (tertiary/aromatic N) is 3. The molecule has 0 atom stereocenters. The van der Waals surface area contributed by atoms with Crippen LogP contribution in [0.3, 0.4) is 0 Å². The van der Waals surface area contributed by atoms with Crippen molar-refractivity contribution in [3.8, 4) is 17.0 Å². The summed E-state index contributed by atoms with van der Waals surface area (Å²) in [4.78, 5) is 20.1. The Labute approximate surface area is 225 Å². The van der Waals surface area contributed by atoms with Crippen molar-refractivity contribution in [2.45, 2.75) is 19.8 Å². The number of imidazole rings is 1. The number of aryl methyl sites for hydroxylation is 1. The molecule has 4 aromatic rings. The predicted molar refractivity (Wildman–Crippen MR) is 148 cm³/mol. The van der Waals surface area contributed by atoms with Gasteiger partial charge in [-0.1, -0.05) is 19.6 Å². The van der Waals surface area contributed by atoms with Gasteiger partial charge in [0.1, 0.15) is 0 Å². The maximum absolute atomic E-state index is 14.8. The standard InChI is InChI=1S/C28H31F2N7O2/c1-4-18-14-19(6-7-20(18)17(2)32-10-5-11-33-24(38)15-31)36-27-28-35-16-22(37(28)13-12-34-27)21-8-9-23(39-3)26(30)25(21)29/h6-9,12-14,16,32H,2,4-5,10-11,15,31H2,1,3H3,(H,33,38)(H,34,36). The second-order valence-electron chi connectivity index (χ2n) is 8.72. The molecule has 5 N–H and O–H groups in total. The average Bonchev–Trinajstić information content (AvgIpc) is 3.38. The summed E-state index contributed by atoms with van der Waals surface area (Å²) in [6.45, 7) is 7.39. The molecule has 0 saturated carbocycles. The van der Waals surface area contributed by atoms with Gasteiger partial charge in [-0.2, -0.15) is 4.39 Å². The summed E-state index contributed by atoms with van der Waals surface area (Å²) in [6, 6.07) is 8.73. The van der Waals surface area contributed by atoms with E-state index >= 15 is 0 Å². The smallest absolute Gasteiger partial charge is 0.233 e. The number of carbonyl (C=O) groups excluding carboxylic acids is 1. The van der Waals surface area contributed by atoms with Gasteiger partial charge in [0, 0.05) is 48.0 Å². The molecule has 0 aliphatic heterocycles. The number of benzene rings is 2. The van der Waals surface area contributed by atoms with Crippen molar-refractivity contribution in [1.29, 1.82) is 0 Å². The number of nitrogens with one attached hydrogen (secondary N) is 3. The van der Waals surface area contributed by atoms with Crippen LogP contribution in [0, 0.1) is 11.6 Å². The summed E-state index contributed by atoms with van der Waals surface area (Å²) in [5.74, 6) is -1.95. The number of amides is 1. The zero-order valence-electron chi connectivity index (χ0n) is 21.9. The lowest BCUT2D eigenvalue weighted by Crippen LogP contribution is -2.32. The highest BCUT2D eigenvalue weighted by Gasteiger charge is 2.19. The molecule has 0 fully saturated rings. The Hall–Kier alpha value is -4.51. The van der Waals surface area contributed by atoms with Crippen LogP contribution < -0.4 is 26.4 Å². The van der Waals surface area contributed by atoms with Crippen molar-refractivity contribution in [2.75, 3.05) is 32.1 Å². The van der Waals surface area contributed by atoms with Gasteiger partial charge >= 0.3 is 0 Å². The van der Waals surface area contributed by atoms with Crippen molar-refractivity contribution in [3.63, 3.8) is 0 Å². The van der Waals surface area contributed by atoms with Crippen molar-refractivity contribution in [2.24, 2.45) is 5.73 Å². The number of carbonyl (C=O) groups is 1. The lowest BCUT2D eigenvalue weighted by atomic mass is 10.0. The zero-order chi connectivity index (χ0) is 27.9. The number of halogens is 2. The maximum atomic E-state index is 14.8. The summed E-state index contributed by atoms with van der Waals surface area (Å²) in [6.07, 6.45) is 6.19. The molecular weight excluding hydrogens is 504 g/mol. The minimum atomic E-state index is -1.06. The Morgan fingerprint density at radius 3 is 2.67 bits per heavy atom. The fourth-order valence-corrected chi connectivity index (χ4v) is 4.21. The van der Waals surface area contributed by atoms with E-state index in [1.54, 1.807) is 16.8 Å². The van der Waals surface area contributed by atoms with Crippen LogP contribution in [0.1, 0.15) is 24.5 Å². The van der Waals surface area contributed by atoms with E-state index in [9.17, 15) is 13.6 Å². The second kappa shape index (κ2) is 12.4. The third-order valence-electron chi connectivity index (χ3n) is 6.24. The molecular formula is C28H31F2N7O2. The molecule has 0 saturated heterocycles. The molecule has 0 radical (unpaired) electrons. The first kappa shape index (κ1) is 27.5. The highest BCUT2D eigenvalue weighted by molar-refractivity contribution is 5.78. The monoisotopic (exact) mass is 535 g/mol. The number of nitrogens with two attached hydrogens (primary N) is 1. The number of hydrogen-bond acceptors (Lipinski definition) is 7. The second-order valence-corrected chi connectivity index (χ2v) is 8.72. The van der Waals surface area contributed by atoms with Gasteiger partial charge < -0.3 is 26.4 Å². The van der Waals surface area contributed by atoms with E-state index in [1.165, 1.54) is 25.4 Å². The number of methoxy groups -OCH3 is 1. The molecule has 2 aromatic carbocycles. The molecule has 11 heteroatoms. The van der Waals surface area contributed by atoms with Gasteiger partial charge in [-0.3, -0.25) is 9.20 Å². The third kappa shape index (κ3) is 5.99. The van der Waals surface area contributed by atoms with Crippen LogP contribution in [0.4, 0.5) is 20.3 Å². The number of anilines is 2. The SMILES string of the molecule is C=C(NCCCNC(=O)CN)c1ccc(Nc2nccn3c(-c4ccc(OC)c(F)c4F)cnc23)cc1CC. The van der Waals surface area contributed by atoms with E-state index < -0.39 is 11.6 Å². The quantitative estimate of drug-likeness (QED) is 0.202. The predicted octanol–water partition coefficient (Wildman–Crippen LogP) is 4.01. The number of rotatable bonds is 12. The molecule has 0 aliphatic rings. The molecule has 9 nitrogen and oxygen atoms in total. The van der Waals surface area contributed by atoms with Gasteiger partial charge in [0.15, 0.2) is 23.0 Å². The number of hydrogen-bond donors (Lipinski definition) is 4. The molecule has 2 heterocycles. The fraction of sp³-hybridized carbons (Fsp3) is 0.250. The number of aromatic nitrogens is 3. The molecule has 2 aromatic heterocycles. The largest absolute Gasteiger partial charge is 0.494 e. The van der Waals surface area contributed by atoms with Gasteiger partial charge in [-0.15, -0.1) is 0 Å². The summed E-state index contributed by atoms with van der Waals surface area (Å²) in [5.41, 5.74) is 9.82. The highest BCUT2D eigenvalue weighted by Crippen LogP contribution is 2.32. The summed E-state index contributed by atoms with van der Waals surface area (Å²) < 4.78 is 35.6. The molecule has 1 amide bonds. The Morgan fingerprint density at radius 1 is 1.13 bits per heavy atom. The first-order valence-corrected chi connectivity index (χ1v) is 12.5. The Morgan fingerprint density at radius 2 is 1.92 bits per heavy atom. The van der Waals surface area contributed by atoms with E-state index in [0.717, 1.165) is 35.4 Å². The van der Waals surface area contributed by atoms with Crippen LogP contribution >= 0.6 is 0 Å². The molecule has 0 bridgehead atoms. The molecule has 39 heavy (non-hydrogen) atoms. The maximum Gasteiger partial charge on any atom is 0.233 e. The Bertz CT molecular complexity index is 1500. The van der Waals surface area contributed by atoms with Crippen LogP contribution in [0.5, 0.6) is 5.75 Å². The first-order valence-electron chi connectivity index (χ1n) is 12.5. The van der Waals surface area contributed by atoms with Gasteiger partial charge in [-0.25, -0.2) is 14.4 Å². The summed E-state index contributed by atoms with van der Waals surface area (Å²) in [5, 5.41) is 9.33. The van der Waals surface area contributed by atoms with Gasteiger partial charge in [0.05, 0.1) is 25.5 Å². The van der Waals surface area contributed by atoms with Crippen molar-refractivity contribution in [1.82, 2.24) is 25.0 Å². The minimum Gasteiger partial charge on any atom is -0.494 e. The molecule has 4 rings (SSSR count). The van der Waals surface area contributed by atoms with E-state index in [2.05, 4.69) is 39.4 Å². The van der Waals surface area contributed by atoms with Crippen molar-refractivity contribution in [3.05, 3.63) is 78.3 Å². The normalized spacial score (nSPS) is 10.9. The highest BCUT2D eigenvalue weighted by atomic mass is 19.2. The molecule has 0 unspecified atom stereocenters. The fourth-order valence-electron chi connectivity index (χ4n) is 4.21. The zero-order valence-corrected chi connectivity index (χ0v) is 21.9. The average molecular weight is 536 g/mol. The third-order valence-corrected chi connectivity index (χ3v) is 6.24. The van der Waals surface area contributed by atoms with Crippen LogP contribution in [0.15, 0.2) is 55.5 Å². The number of ether oxygens (including phenoxy) is 1.